The Kier molecular flexibility index (Phi) is 30.8. The van der Waals surface area contributed by atoms with Crippen LogP contribution in [0.15, 0.2) is 12.2 Å². The van der Waals surface area contributed by atoms with Crippen LogP contribution in [0.5, 0.6) is 0 Å². The molecule has 0 saturated heterocycles. The lowest BCUT2D eigenvalue weighted by Gasteiger charge is -2.19. The maximum Gasteiger partial charge on any atom is 0.472 e. The molecule has 0 fully saturated rings. The summed E-state index contributed by atoms with van der Waals surface area (Å²) in [5.41, 5.74) is 5.31. The highest BCUT2D eigenvalue weighted by Crippen LogP contribution is 2.43. The molecule has 0 aromatic carbocycles. The van der Waals surface area contributed by atoms with Gasteiger partial charge in [-0.25, -0.2) is 4.57 Å². The second-order valence-corrected chi connectivity index (χ2v) is 13.2. The maximum atomic E-state index is 12.5. The Labute approximate surface area is 269 Å². The molecule has 0 amide bonds. The molecule has 0 aromatic rings. The predicted molar refractivity (Wildman–Crippen MR) is 178 cm³/mol. The minimum Gasteiger partial charge on any atom is -0.462 e. The van der Waals surface area contributed by atoms with Crippen molar-refractivity contribution in [2.75, 3.05) is 26.4 Å². The van der Waals surface area contributed by atoms with Gasteiger partial charge in [0.2, 0.25) is 0 Å². The summed E-state index contributed by atoms with van der Waals surface area (Å²) in [5, 5.41) is 0. The number of phosphoric acid groups is 1. The van der Waals surface area contributed by atoms with E-state index in [2.05, 4.69) is 26.0 Å². The minimum absolute atomic E-state index is 0.0542. The second kappa shape index (κ2) is 31.7. The maximum absolute atomic E-state index is 12.5. The van der Waals surface area contributed by atoms with Gasteiger partial charge in [-0.3, -0.25) is 18.6 Å². The molecule has 1 unspecified atom stereocenters. The van der Waals surface area contributed by atoms with E-state index in [1.165, 1.54) is 77.0 Å². The first-order chi connectivity index (χ1) is 21.3. The molecule has 0 spiro atoms. The minimum atomic E-state index is -4.36. The smallest absolute Gasteiger partial charge is 0.462 e. The molecule has 0 aliphatic heterocycles. The number of nitrogens with two attached hydrogens (primary N) is 1. The van der Waals surface area contributed by atoms with Crippen LogP contribution >= 0.6 is 7.82 Å². The van der Waals surface area contributed by atoms with Crippen LogP contribution in [0.2, 0.25) is 0 Å². The normalized spacial score (nSPS) is 13.6. The van der Waals surface area contributed by atoms with Gasteiger partial charge in [0.15, 0.2) is 6.10 Å². The van der Waals surface area contributed by atoms with E-state index in [0.717, 1.165) is 51.4 Å². The van der Waals surface area contributed by atoms with E-state index >= 15 is 0 Å². The van der Waals surface area contributed by atoms with E-state index in [0.29, 0.717) is 6.42 Å². The number of hydrogen-bond donors (Lipinski definition) is 2. The number of phosphoric ester groups is 1. The molecule has 0 aliphatic carbocycles. The molecule has 0 saturated carbocycles. The Bertz CT molecular complexity index is 749. The zero-order valence-electron chi connectivity index (χ0n) is 28.2. The molecule has 260 valence electrons. The summed E-state index contributed by atoms with van der Waals surface area (Å²) in [4.78, 5) is 34.5. The summed E-state index contributed by atoms with van der Waals surface area (Å²) in [6.45, 7) is 3.67. The molecule has 2 atom stereocenters. The van der Waals surface area contributed by atoms with Crippen molar-refractivity contribution in [2.24, 2.45) is 5.73 Å². The Balaban J connectivity index is 4.24. The van der Waals surface area contributed by atoms with Crippen molar-refractivity contribution in [2.45, 2.75) is 168 Å². The molecule has 0 aromatic heterocycles. The first kappa shape index (κ1) is 42.8. The fraction of sp³-hybridized carbons (Fsp3) is 0.882. The van der Waals surface area contributed by atoms with E-state index in [4.69, 9.17) is 24.3 Å². The highest BCUT2D eigenvalue weighted by molar-refractivity contribution is 7.47. The van der Waals surface area contributed by atoms with E-state index in [1.54, 1.807) is 0 Å². The predicted octanol–water partition coefficient (Wildman–Crippen LogP) is 9.10. The lowest BCUT2D eigenvalue weighted by atomic mass is 10.1. The zero-order chi connectivity index (χ0) is 32.6. The third-order valence-corrected chi connectivity index (χ3v) is 8.39. The average molecular weight is 648 g/mol. The highest BCUT2D eigenvalue weighted by Gasteiger charge is 2.25. The quantitative estimate of drug-likeness (QED) is 0.0309. The summed E-state index contributed by atoms with van der Waals surface area (Å²) >= 11 is 0. The van der Waals surface area contributed by atoms with Crippen LogP contribution in [0.4, 0.5) is 0 Å². The molecule has 0 radical (unpaired) electrons. The van der Waals surface area contributed by atoms with Crippen molar-refractivity contribution >= 4 is 19.8 Å². The fourth-order valence-corrected chi connectivity index (χ4v) is 5.51. The van der Waals surface area contributed by atoms with Gasteiger partial charge < -0.3 is 20.1 Å². The number of unbranched alkanes of at least 4 members (excludes halogenated alkanes) is 18. The van der Waals surface area contributed by atoms with Gasteiger partial charge in [-0.05, 0) is 38.5 Å². The van der Waals surface area contributed by atoms with Crippen molar-refractivity contribution in [3.63, 3.8) is 0 Å². The Morgan fingerprint density at radius 2 is 1.11 bits per heavy atom. The van der Waals surface area contributed by atoms with Gasteiger partial charge in [0, 0.05) is 19.4 Å². The van der Waals surface area contributed by atoms with Crippen molar-refractivity contribution in [3.8, 4) is 0 Å². The largest absolute Gasteiger partial charge is 0.472 e. The summed E-state index contributed by atoms with van der Waals surface area (Å²) in [5.74, 6) is -0.841. The monoisotopic (exact) mass is 647 g/mol. The second-order valence-electron chi connectivity index (χ2n) is 11.7. The molecule has 0 bridgehead atoms. The number of hydrogen-bond acceptors (Lipinski definition) is 8. The summed E-state index contributed by atoms with van der Waals surface area (Å²) in [7, 11) is -4.36. The van der Waals surface area contributed by atoms with E-state index in [1.807, 2.05) is 0 Å². The van der Waals surface area contributed by atoms with Gasteiger partial charge in [0.05, 0.1) is 13.2 Å². The number of carbonyl (C=O) groups is 2. The highest BCUT2D eigenvalue weighted by atomic mass is 31.2. The van der Waals surface area contributed by atoms with Crippen LogP contribution in [0.25, 0.3) is 0 Å². The van der Waals surface area contributed by atoms with Crippen LogP contribution in [0, 0.1) is 0 Å². The molecule has 3 N–H and O–H groups in total. The first-order valence-electron chi connectivity index (χ1n) is 17.7. The molecule has 10 heteroatoms. The lowest BCUT2D eigenvalue weighted by Crippen LogP contribution is -2.29. The number of esters is 2. The van der Waals surface area contributed by atoms with Gasteiger partial charge in [0.25, 0.3) is 0 Å². The van der Waals surface area contributed by atoms with Gasteiger partial charge in [-0.1, -0.05) is 122 Å². The van der Waals surface area contributed by atoms with Crippen LogP contribution in [0.3, 0.4) is 0 Å². The van der Waals surface area contributed by atoms with E-state index < -0.39 is 26.5 Å². The SMILES string of the molecule is CCCCCCCC/C=C/CCCCCCCC(=O)O[C@H](COC(=O)CCCCCCCCCC)COP(=O)(O)OCCN. The van der Waals surface area contributed by atoms with E-state index in [9.17, 15) is 19.0 Å². The molecule has 0 rings (SSSR count). The van der Waals surface area contributed by atoms with E-state index in [-0.39, 0.29) is 38.6 Å². The zero-order valence-corrected chi connectivity index (χ0v) is 29.0. The lowest BCUT2D eigenvalue weighted by molar-refractivity contribution is -0.161. The van der Waals surface area contributed by atoms with Crippen molar-refractivity contribution in [1.29, 1.82) is 0 Å². The molecule has 9 nitrogen and oxygen atoms in total. The summed E-state index contributed by atoms with van der Waals surface area (Å²) in [6, 6.07) is 0. The average Bonchev–Trinajstić information content (AvgIpc) is 3.00. The van der Waals surface area contributed by atoms with Crippen molar-refractivity contribution in [1.82, 2.24) is 0 Å². The van der Waals surface area contributed by atoms with Crippen molar-refractivity contribution < 1.29 is 37.6 Å². The summed E-state index contributed by atoms with van der Waals surface area (Å²) < 4.78 is 32.5. The standard InChI is InChI=1S/C34H66NO8P/c1-3-5-7-9-11-13-14-15-16-17-18-19-21-23-25-27-34(37)43-32(31-42-44(38,39)41-29-28-35)30-40-33(36)26-24-22-20-12-10-8-6-4-2/h15-16,32H,3-14,17-31,35H2,1-2H3,(H,38,39)/b16-15+/t32-/m1/s1. The van der Waals surface area contributed by atoms with Crippen LogP contribution in [0.1, 0.15) is 162 Å². The Morgan fingerprint density at radius 1 is 0.659 bits per heavy atom. The van der Waals surface area contributed by atoms with Crippen LogP contribution in [-0.2, 0) is 32.7 Å². The molecule has 0 aliphatic rings. The Morgan fingerprint density at radius 3 is 1.61 bits per heavy atom. The van der Waals surface area contributed by atoms with Crippen LogP contribution < -0.4 is 5.73 Å². The number of rotatable bonds is 33. The summed E-state index contributed by atoms with van der Waals surface area (Å²) in [6.07, 6.45) is 28.2. The number of ether oxygens (including phenoxy) is 2. The third kappa shape index (κ3) is 30.8. The molecule has 0 heterocycles. The van der Waals surface area contributed by atoms with Gasteiger partial charge in [-0.15, -0.1) is 0 Å². The van der Waals surface area contributed by atoms with Crippen LogP contribution in [-0.4, -0.2) is 49.3 Å². The van der Waals surface area contributed by atoms with Gasteiger partial charge in [-0.2, -0.15) is 0 Å². The van der Waals surface area contributed by atoms with Gasteiger partial charge in [0.1, 0.15) is 6.61 Å². The number of allylic oxidation sites excluding steroid dienone is 2. The van der Waals surface area contributed by atoms with Gasteiger partial charge >= 0.3 is 19.8 Å². The third-order valence-electron chi connectivity index (χ3n) is 7.40. The Hall–Kier alpha value is -1.25. The fourth-order valence-electron chi connectivity index (χ4n) is 4.74. The number of carbonyl (C=O) groups excluding carboxylic acids is 2. The first-order valence-corrected chi connectivity index (χ1v) is 19.2. The molecule has 44 heavy (non-hydrogen) atoms. The van der Waals surface area contributed by atoms with Crippen molar-refractivity contribution in [3.05, 3.63) is 12.2 Å². The molecular weight excluding hydrogens is 581 g/mol. The molecular formula is C34H66NO8P. The topological polar surface area (TPSA) is 134 Å².